The molecule has 1 N–H and O–H groups in total. The average molecular weight is 324 g/mol. The predicted octanol–water partition coefficient (Wildman–Crippen LogP) is 4.00. The maximum Gasteiger partial charge on any atom is 0.311 e. The lowest BCUT2D eigenvalue weighted by Gasteiger charge is -2.04. The van der Waals surface area contributed by atoms with Gasteiger partial charge in [0, 0.05) is 6.54 Å². The summed E-state index contributed by atoms with van der Waals surface area (Å²) in [4.78, 5) is 10.7. The van der Waals surface area contributed by atoms with Gasteiger partial charge in [-0.3, -0.25) is 4.79 Å². The molecule has 0 bridgehead atoms. The van der Waals surface area contributed by atoms with Gasteiger partial charge in [0.25, 0.3) is 0 Å². The van der Waals surface area contributed by atoms with Crippen molar-refractivity contribution in [3.63, 3.8) is 0 Å². The first kappa shape index (κ1) is 19.6. The quantitative estimate of drug-likeness (QED) is 0.493. The third kappa shape index (κ3) is 10.0. The molecule has 6 nitrogen and oxygen atoms in total. The standard InChI is InChI=1S/C17H32N4O2/c1-2-3-4-5-6-7-8-9-10-11-12-13-14-21-16(15-17(22)23)18-19-20-21/h2-15H2,1H3,(H,22,23). The fraction of sp³-hybridized carbons (Fsp3) is 0.882. The maximum absolute atomic E-state index is 10.7. The number of unbranched alkanes of at least 4 members (excludes halogenated alkanes) is 11. The van der Waals surface area contributed by atoms with Crippen LogP contribution in [0.4, 0.5) is 0 Å². The molecule has 0 aliphatic heterocycles. The molecule has 0 radical (unpaired) electrons. The van der Waals surface area contributed by atoms with Crippen LogP contribution in [0.2, 0.25) is 0 Å². The van der Waals surface area contributed by atoms with Crippen molar-refractivity contribution in [3.8, 4) is 0 Å². The first-order valence-corrected chi connectivity index (χ1v) is 9.21. The Morgan fingerprint density at radius 2 is 1.43 bits per heavy atom. The highest BCUT2D eigenvalue weighted by Gasteiger charge is 2.09. The van der Waals surface area contributed by atoms with E-state index < -0.39 is 5.97 Å². The normalized spacial score (nSPS) is 11.0. The molecule has 23 heavy (non-hydrogen) atoms. The van der Waals surface area contributed by atoms with E-state index in [1.165, 1.54) is 64.2 Å². The summed E-state index contributed by atoms with van der Waals surface area (Å²) in [6, 6.07) is 0. The van der Waals surface area contributed by atoms with Crippen LogP contribution in [0.1, 0.15) is 89.8 Å². The number of aryl methyl sites for hydroxylation is 1. The van der Waals surface area contributed by atoms with Gasteiger partial charge in [-0.05, 0) is 16.8 Å². The highest BCUT2D eigenvalue weighted by atomic mass is 16.4. The summed E-state index contributed by atoms with van der Waals surface area (Å²) in [5.74, 6) is -0.448. The molecule has 0 saturated heterocycles. The Morgan fingerprint density at radius 3 is 1.96 bits per heavy atom. The monoisotopic (exact) mass is 324 g/mol. The second kappa shape index (κ2) is 13.0. The molecule has 0 atom stereocenters. The highest BCUT2D eigenvalue weighted by molar-refractivity contribution is 5.68. The van der Waals surface area contributed by atoms with Gasteiger partial charge in [-0.2, -0.15) is 0 Å². The van der Waals surface area contributed by atoms with E-state index in [1.807, 2.05) is 0 Å². The Kier molecular flexibility index (Phi) is 11.1. The number of tetrazole rings is 1. The second-order valence-corrected chi connectivity index (χ2v) is 6.28. The summed E-state index contributed by atoms with van der Waals surface area (Å²) in [6.45, 7) is 2.97. The van der Waals surface area contributed by atoms with Crippen LogP contribution in [0.3, 0.4) is 0 Å². The van der Waals surface area contributed by atoms with Crippen LogP contribution in [0.5, 0.6) is 0 Å². The number of nitrogens with zero attached hydrogens (tertiary/aromatic N) is 4. The zero-order valence-corrected chi connectivity index (χ0v) is 14.5. The Hall–Kier alpha value is -1.46. The van der Waals surface area contributed by atoms with Crippen LogP contribution >= 0.6 is 0 Å². The van der Waals surface area contributed by atoms with Crippen LogP contribution in [0.15, 0.2) is 0 Å². The number of carboxylic acid groups (broad SMARTS) is 1. The molecule has 0 aromatic carbocycles. The van der Waals surface area contributed by atoms with Crippen molar-refractivity contribution < 1.29 is 9.90 Å². The number of carboxylic acids is 1. The molecule has 6 heteroatoms. The minimum absolute atomic E-state index is 0.106. The molecule has 132 valence electrons. The van der Waals surface area contributed by atoms with Crippen LogP contribution in [0.25, 0.3) is 0 Å². The maximum atomic E-state index is 10.7. The smallest absolute Gasteiger partial charge is 0.311 e. The summed E-state index contributed by atoms with van der Waals surface area (Å²) >= 11 is 0. The van der Waals surface area contributed by atoms with Gasteiger partial charge in [-0.25, -0.2) is 4.68 Å². The van der Waals surface area contributed by atoms with E-state index in [-0.39, 0.29) is 6.42 Å². The van der Waals surface area contributed by atoms with Gasteiger partial charge in [0.1, 0.15) is 6.42 Å². The molecule has 0 aliphatic rings. The van der Waals surface area contributed by atoms with Crippen molar-refractivity contribution >= 4 is 5.97 Å². The summed E-state index contributed by atoms with van der Waals surface area (Å²) in [7, 11) is 0. The number of aromatic nitrogens is 4. The van der Waals surface area contributed by atoms with Crippen molar-refractivity contribution in [2.75, 3.05) is 0 Å². The molecule has 0 amide bonds. The molecular weight excluding hydrogens is 292 g/mol. The highest BCUT2D eigenvalue weighted by Crippen LogP contribution is 2.12. The Labute approximate surface area is 139 Å². The SMILES string of the molecule is CCCCCCCCCCCCCCn1nnnc1CC(=O)O. The van der Waals surface area contributed by atoms with Gasteiger partial charge in [-0.1, -0.05) is 77.6 Å². The molecule has 0 fully saturated rings. The first-order chi connectivity index (χ1) is 11.2. The Bertz CT molecular complexity index is 420. The van der Waals surface area contributed by atoms with Gasteiger partial charge in [0.2, 0.25) is 0 Å². The molecule has 1 aromatic heterocycles. The van der Waals surface area contributed by atoms with Gasteiger partial charge in [-0.15, -0.1) is 5.10 Å². The number of aliphatic carboxylic acids is 1. The number of hydrogen-bond acceptors (Lipinski definition) is 4. The van der Waals surface area contributed by atoms with E-state index in [9.17, 15) is 4.79 Å². The van der Waals surface area contributed by atoms with E-state index >= 15 is 0 Å². The molecular formula is C17H32N4O2. The van der Waals surface area contributed by atoms with Crippen molar-refractivity contribution in [1.82, 2.24) is 20.2 Å². The Balaban J connectivity index is 1.92. The molecule has 0 aliphatic carbocycles. The second-order valence-electron chi connectivity index (χ2n) is 6.28. The van der Waals surface area contributed by atoms with Crippen LogP contribution in [0, 0.1) is 0 Å². The summed E-state index contributed by atoms with van der Waals surface area (Å²) in [6.07, 6.45) is 15.6. The molecule has 0 spiro atoms. The fourth-order valence-electron chi connectivity index (χ4n) is 2.76. The molecule has 1 aromatic rings. The first-order valence-electron chi connectivity index (χ1n) is 9.21. The van der Waals surface area contributed by atoms with Crippen molar-refractivity contribution in [1.29, 1.82) is 0 Å². The number of hydrogen-bond donors (Lipinski definition) is 1. The van der Waals surface area contributed by atoms with Gasteiger partial charge < -0.3 is 5.11 Å². The molecule has 1 heterocycles. The third-order valence-electron chi connectivity index (χ3n) is 4.14. The largest absolute Gasteiger partial charge is 0.481 e. The van der Waals surface area contributed by atoms with E-state index in [4.69, 9.17) is 5.11 Å². The van der Waals surface area contributed by atoms with E-state index in [1.54, 1.807) is 4.68 Å². The van der Waals surface area contributed by atoms with Crippen LogP contribution < -0.4 is 0 Å². The number of carbonyl (C=O) groups is 1. The lowest BCUT2D eigenvalue weighted by molar-refractivity contribution is -0.136. The minimum atomic E-state index is -0.893. The summed E-state index contributed by atoms with van der Waals surface area (Å²) in [5, 5.41) is 19.9. The fourth-order valence-corrected chi connectivity index (χ4v) is 2.76. The zero-order valence-electron chi connectivity index (χ0n) is 14.5. The topological polar surface area (TPSA) is 80.9 Å². The van der Waals surface area contributed by atoms with Gasteiger partial charge >= 0.3 is 5.97 Å². The van der Waals surface area contributed by atoms with Crippen LogP contribution in [-0.4, -0.2) is 31.3 Å². The lowest BCUT2D eigenvalue weighted by atomic mass is 10.1. The van der Waals surface area contributed by atoms with Gasteiger partial charge in [0.05, 0.1) is 0 Å². The van der Waals surface area contributed by atoms with E-state index in [0.29, 0.717) is 12.4 Å². The summed E-state index contributed by atoms with van der Waals surface area (Å²) in [5.41, 5.74) is 0. The van der Waals surface area contributed by atoms with Crippen molar-refractivity contribution in [3.05, 3.63) is 5.82 Å². The van der Waals surface area contributed by atoms with E-state index in [2.05, 4.69) is 22.4 Å². The molecule has 1 rings (SSSR count). The Morgan fingerprint density at radius 1 is 0.913 bits per heavy atom. The molecule has 0 saturated carbocycles. The van der Waals surface area contributed by atoms with E-state index in [0.717, 1.165) is 12.8 Å². The summed E-state index contributed by atoms with van der Waals surface area (Å²) < 4.78 is 1.62. The van der Waals surface area contributed by atoms with Crippen LogP contribution in [-0.2, 0) is 17.8 Å². The zero-order chi connectivity index (χ0) is 16.8. The van der Waals surface area contributed by atoms with Crippen molar-refractivity contribution in [2.24, 2.45) is 0 Å². The average Bonchev–Trinajstić information content (AvgIpc) is 2.95. The lowest BCUT2D eigenvalue weighted by Crippen LogP contribution is -2.10. The third-order valence-corrected chi connectivity index (χ3v) is 4.14. The minimum Gasteiger partial charge on any atom is -0.481 e. The predicted molar refractivity (Wildman–Crippen MR) is 90.2 cm³/mol. The van der Waals surface area contributed by atoms with Crippen molar-refractivity contribution in [2.45, 2.75) is 96.9 Å². The van der Waals surface area contributed by atoms with Gasteiger partial charge in [0.15, 0.2) is 5.82 Å². The molecule has 0 unspecified atom stereocenters. The number of rotatable bonds is 15.